The Morgan fingerprint density at radius 1 is 0.963 bits per heavy atom. The number of hydrogen-bond acceptors (Lipinski definition) is 6. The Morgan fingerprint density at radius 3 is 2.59 bits per heavy atom. The van der Waals surface area contributed by atoms with E-state index in [1.54, 1.807) is 11.6 Å². The lowest BCUT2D eigenvalue weighted by atomic mass is 10.1. The summed E-state index contributed by atoms with van der Waals surface area (Å²) in [5.41, 5.74) is 9.35. The minimum absolute atomic E-state index is 0.000513. The summed E-state index contributed by atoms with van der Waals surface area (Å²) in [6.45, 7) is 0. The Kier molecular flexibility index (Phi) is 4.15. The summed E-state index contributed by atoms with van der Waals surface area (Å²) in [7, 11) is 0. The SMILES string of the molecule is Nc1cc(C(F)(F)F)ccc1-c1cc(Nc2ccc3ncsc3c2)ncn1. The van der Waals surface area contributed by atoms with Gasteiger partial charge in [0.1, 0.15) is 12.1 Å². The number of halogens is 3. The molecule has 2 aromatic heterocycles. The molecular formula is C18H12F3N5S. The molecule has 0 atom stereocenters. The molecular weight excluding hydrogens is 375 g/mol. The van der Waals surface area contributed by atoms with Crippen LogP contribution in [-0.4, -0.2) is 15.0 Å². The van der Waals surface area contributed by atoms with E-state index in [9.17, 15) is 13.2 Å². The van der Waals surface area contributed by atoms with Gasteiger partial charge in [0.15, 0.2) is 0 Å². The van der Waals surface area contributed by atoms with Gasteiger partial charge < -0.3 is 11.1 Å². The van der Waals surface area contributed by atoms with Crippen molar-refractivity contribution in [3.63, 3.8) is 0 Å². The van der Waals surface area contributed by atoms with Gasteiger partial charge in [-0.1, -0.05) is 6.07 Å². The largest absolute Gasteiger partial charge is 0.416 e. The topological polar surface area (TPSA) is 76.7 Å². The minimum Gasteiger partial charge on any atom is -0.398 e. The number of hydrogen-bond donors (Lipinski definition) is 2. The van der Waals surface area contributed by atoms with E-state index >= 15 is 0 Å². The zero-order valence-electron chi connectivity index (χ0n) is 13.7. The maximum atomic E-state index is 12.8. The first-order valence-electron chi connectivity index (χ1n) is 7.79. The average Bonchev–Trinajstić information content (AvgIpc) is 3.09. The van der Waals surface area contributed by atoms with Gasteiger partial charge in [-0.3, -0.25) is 0 Å². The fourth-order valence-corrected chi connectivity index (χ4v) is 3.34. The van der Waals surface area contributed by atoms with E-state index in [1.165, 1.54) is 23.7 Å². The molecule has 4 rings (SSSR count). The van der Waals surface area contributed by atoms with Gasteiger partial charge in [-0.2, -0.15) is 13.2 Å². The third-order valence-corrected chi connectivity index (χ3v) is 4.72. The van der Waals surface area contributed by atoms with Gasteiger partial charge in [0, 0.05) is 23.0 Å². The third-order valence-electron chi connectivity index (χ3n) is 3.93. The Balaban J connectivity index is 1.64. The molecule has 0 spiro atoms. The van der Waals surface area contributed by atoms with Crippen LogP contribution in [0.1, 0.15) is 5.56 Å². The predicted octanol–water partition coefficient (Wildman–Crippen LogP) is 5.10. The normalized spacial score (nSPS) is 11.7. The molecule has 2 heterocycles. The Bertz CT molecular complexity index is 1120. The van der Waals surface area contributed by atoms with E-state index in [-0.39, 0.29) is 5.69 Å². The number of nitrogens with two attached hydrogens (primary N) is 1. The number of aromatic nitrogens is 3. The molecule has 9 heteroatoms. The van der Waals surface area contributed by atoms with Gasteiger partial charge in [0.2, 0.25) is 0 Å². The van der Waals surface area contributed by atoms with Crippen molar-refractivity contribution in [2.45, 2.75) is 6.18 Å². The van der Waals surface area contributed by atoms with Gasteiger partial charge >= 0.3 is 6.18 Å². The van der Waals surface area contributed by atoms with Crippen molar-refractivity contribution < 1.29 is 13.2 Å². The van der Waals surface area contributed by atoms with E-state index in [1.807, 2.05) is 18.2 Å². The maximum Gasteiger partial charge on any atom is 0.416 e. The first-order chi connectivity index (χ1) is 12.9. The number of rotatable bonds is 3. The van der Waals surface area contributed by atoms with Crippen molar-refractivity contribution in [3.8, 4) is 11.3 Å². The van der Waals surface area contributed by atoms with Crippen LogP contribution in [0.2, 0.25) is 0 Å². The second-order valence-electron chi connectivity index (χ2n) is 5.75. The molecule has 27 heavy (non-hydrogen) atoms. The zero-order chi connectivity index (χ0) is 19.0. The molecule has 4 aromatic rings. The molecule has 0 amide bonds. The number of fused-ring (bicyclic) bond motifs is 1. The summed E-state index contributed by atoms with van der Waals surface area (Å²) in [5, 5.41) is 3.16. The number of anilines is 3. The van der Waals surface area contributed by atoms with Crippen molar-refractivity contribution in [2.75, 3.05) is 11.1 Å². The second kappa shape index (κ2) is 6.51. The van der Waals surface area contributed by atoms with E-state index in [2.05, 4.69) is 20.3 Å². The number of alkyl halides is 3. The summed E-state index contributed by atoms with van der Waals surface area (Å²) in [6.07, 6.45) is -3.11. The molecule has 0 bridgehead atoms. The molecule has 3 N–H and O–H groups in total. The van der Waals surface area contributed by atoms with Crippen LogP contribution in [-0.2, 0) is 6.18 Å². The summed E-state index contributed by atoms with van der Waals surface area (Å²) in [5.74, 6) is 0.503. The highest BCUT2D eigenvalue weighted by atomic mass is 32.1. The highest BCUT2D eigenvalue weighted by Gasteiger charge is 2.30. The van der Waals surface area contributed by atoms with Crippen LogP contribution >= 0.6 is 11.3 Å². The lowest BCUT2D eigenvalue weighted by molar-refractivity contribution is -0.137. The highest BCUT2D eigenvalue weighted by Crippen LogP contribution is 2.34. The van der Waals surface area contributed by atoms with E-state index in [0.717, 1.165) is 28.0 Å². The summed E-state index contributed by atoms with van der Waals surface area (Å²) in [4.78, 5) is 12.5. The Labute approximate surface area is 155 Å². The van der Waals surface area contributed by atoms with Gasteiger partial charge in [0.25, 0.3) is 0 Å². The number of benzene rings is 2. The van der Waals surface area contributed by atoms with Crippen LogP contribution < -0.4 is 11.1 Å². The van der Waals surface area contributed by atoms with Crippen molar-refractivity contribution in [1.29, 1.82) is 0 Å². The third kappa shape index (κ3) is 3.54. The lowest BCUT2D eigenvalue weighted by Crippen LogP contribution is -2.06. The van der Waals surface area contributed by atoms with Crippen LogP contribution in [0.5, 0.6) is 0 Å². The van der Waals surface area contributed by atoms with E-state index in [4.69, 9.17) is 5.73 Å². The number of thiazole rings is 1. The molecule has 0 aliphatic rings. The standard InChI is InChI=1S/C18H12F3N5S/c19-18(20,21)10-1-3-12(13(22)5-10)15-7-17(24-8-23-15)26-11-2-4-14-16(6-11)27-9-25-14/h1-9H,22H2,(H,23,24,26). The second-order valence-corrected chi connectivity index (χ2v) is 6.63. The molecule has 2 aromatic carbocycles. The van der Waals surface area contributed by atoms with Gasteiger partial charge in [-0.25, -0.2) is 15.0 Å². The molecule has 0 aliphatic carbocycles. The van der Waals surface area contributed by atoms with Crippen LogP contribution in [0.4, 0.5) is 30.4 Å². The first kappa shape index (κ1) is 17.2. The number of nitrogens with one attached hydrogen (secondary N) is 1. The molecule has 0 saturated heterocycles. The van der Waals surface area contributed by atoms with Crippen LogP contribution in [0.3, 0.4) is 0 Å². The number of nitrogens with zero attached hydrogens (tertiary/aromatic N) is 3. The minimum atomic E-state index is -4.44. The molecule has 136 valence electrons. The van der Waals surface area contributed by atoms with Crippen LogP contribution in [0.15, 0.2) is 54.3 Å². The Hall–Kier alpha value is -3.20. The van der Waals surface area contributed by atoms with Gasteiger partial charge in [0.05, 0.1) is 27.0 Å². The monoisotopic (exact) mass is 387 g/mol. The summed E-state index contributed by atoms with van der Waals surface area (Å²) in [6, 6.07) is 10.5. The fourth-order valence-electron chi connectivity index (χ4n) is 2.63. The smallest absolute Gasteiger partial charge is 0.398 e. The van der Waals surface area contributed by atoms with Crippen molar-refractivity contribution in [2.24, 2.45) is 0 Å². The number of nitrogen functional groups attached to an aromatic ring is 1. The average molecular weight is 387 g/mol. The van der Waals surface area contributed by atoms with Crippen LogP contribution in [0.25, 0.3) is 21.5 Å². The highest BCUT2D eigenvalue weighted by molar-refractivity contribution is 7.16. The van der Waals surface area contributed by atoms with Gasteiger partial charge in [-0.05, 0) is 30.3 Å². The quantitative estimate of drug-likeness (QED) is 0.479. The molecule has 0 fully saturated rings. The summed E-state index contributed by atoms with van der Waals surface area (Å²) >= 11 is 1.53. The van der Waals surface area contributed by atoms with Crippen molar-refractivity contribution >= 4 is 38.7 Å². The fraction of sp³-hybridized carbons (Fsp3) is 0.0556. The predicted molar refractivity (Wildman–Crippen MR) is 99.8 cm³/mol. The lowest BCUT2D eigenvalue weighted by Gasteiger charge is -2.11. The molecule has 5 nitrogen and oxygen atoms in total. The molecule has 0 saturated carbocycles. The molecule has 0 unspecified atom stereocenters. The van der Waals surface area contributed by atoms with Crippen molar-refractivity contribution in [1.82, 2.24) is 15.0 Å². The maximum absolute atomic E-state index is 12.8. The van der Waals surface area contributed by atoms with Crippen molar-refractivity contribution in [3.05, 3.63) is 59.9 Å². The zero-order valence-corrected chi connectivity index (χ0v) is 14.5. The van der Waals surface area contributed by atoms with Crippen LogP contribution in [0, 0.1) is 0 Å². The molecule has 0 radical (unpaired) electrons. The summed E-state index contributed by atoms with van der Waals surface area (Å²) < 4.78 is 39.4. The van der Waals surface area contributed by atoms with Gasteiger partial charge in [-0.15, -0.1) is 11.3 Å². The Morgan fingerprint density at radius 2 is 1.81 bits per heavy atom. The van der Waals surface area contributed by atoms with E-state index < -0.39 is 11.7 Å². The first-order valence-corrected chi connectivity index (χ1v) is 8.67. The van der Waals surface area contributed by atoms with E-state index in [0.29, 0.717) is 17.1 Å². The molecule has 0 aliphatic heterocycles.